The van der Waals surface area contributed by atoms with Crippen molar-refractivity contribution in [1.82, 2.24) is 9.97 Å². The van der Waals surface area contributed by atoms with Crippen molar-refractivity contribution in [3.63, 3.8) is 0 Å². The van der Waals surface area contributed by atoms with Gasteiger partial charge >= 0.3 is 0 Å². The summed E-state index contributed by atoms with van der Waals surface area (Å²) in [5.74, 6) is -0.975. The monoisotopic (exact) mass is 847 g/mol. The minimum atomic E-state index is -2.44. The summed E-state index contributed by atoms with van der Waals surface area (Å²) < 4.78 is 56.5. The molecule has 5 aromatic carbocycles. The predicted octanol–water partition coefficient (Wildman–Crippen LogP) is 12.3. The smallest absolute Gasteiger partial charge is 0.121 e. The molecule has 8 aromatic rings. The van der Waals surface area contributed by atoms with Gasteiger partial charge in [0.2, 0.25) is 0 Å². The average Bonchev–Trinajstić information content (AvgIpc) is 3.90. The summed E-state index contributed by atoms with van der Waals surface area (Å²) in [4.78, 5) is 8.77. The summed E-state index contributed by atoms with van der Waals surface area (Å²) in [6, 6.07) is 45.6. The molecule has 0 amide bonds. The van der Waals surface area contributed by atoms with E-state index >= 15 is 0 Å². The molecule has 0 aliphatic heterocycles. The van der Waals surface area contributed by atoms with Gasteiger partial charge in [0.05, 0.1) is 5.58 Å². The largest absolute Gasteiger partial charge is 0.500 e. The van der Waals surface area contributed by atoms with Gasteiger partial charge in [-0.3, -0.25) is 0 Å². The van der Waals surface area contributed by atoms with Gasteiger partial charge in [-0.15, -0.1) is 59.2 Å². The van der Waals surface area contributed by atoms with Gasteiger partial charge in [-0.05, 0) is 76.5 Å². The van der Waals surface area contributed by atoms with Crippen LogP contribution in [0.1, 0.15) is 69.0 Å². The van der Waals surface area contributed by atoms with E-state index in [4.69, 9.17) is 12.6 Å². The van der Waals surface area contributed by atoms with E-state index in [1.54, 1.807) is 18.3 Å². The van der Waals surface area contributed by atoms with Gasteiger partial charge < -0.3 is 14.4 Å². The van der Waals surface area contributed by atoms with E-state index in [9.17, 15) is 0 Å². The molecule has 1 unspecified atom stereocenters. The Hall–Kier alpha value is -4.89. The fourth-order valence-electron chi connectivity index (χ4n) is 6.76. The number of hydrogen-bond acceptors (Lipinski definition) is 3. The van der Waals surface area contributed by atoms with Crippen molar-refractivity contribution in [3.8, 4) is 22.5 Å². The fraction of sp³-hybridized carbons (Fsp3) is 0.191. The second kappa shape index (κ2) is 15.6. The molecule has 51 heavy (non-hydrogen) atoms. The van der Waals surface area contributed by atoms with Gasteiger partial charge in [0.15, 0.2) is 0 Å². The first-order valence-electron chi connectivity index (χ1n) is 20.2. The molecule has 0 N–H and O–H groups in total. The first-order valence-corrected chi connectivity index (χ1v) is 17.2. The molecule has 1 aliphatic rings. The minimum absolute atomic E-state index is 0. The molecule has 4 heteroatoms. The van der Waals surface area contributed by atoms with E-state index in [-0.39, 0.29) is 37.2 Å². The van der Waals surface area contributed by atoms with Crippen molar-refractivity contribution in [2.24, 2.45) is 5.92 Å². The van der Waals surface area contributed by atoms with Crippen LogP contribution in [-0.2, 0) is 26.5 Å². The topological polar surface area (TPSA) is 38.9 Å². The van der Waals surface area contributed by atoms with E-state index in [0.717, 1.165) is 75.2 Å². The van der Waals surface area contributed by atoms with Crippen molar-refractivity contribution in [2.75, 3.05) is 0 Å². The summed E-state index contributed by atoms with van der Waals surface area (Å²) in [5.41, 5.74) is 6.62. The Morgan fingerprint density at radius 3 is 2.25 bits per heavy atom. The molecule has 9 rings (SSSR count). The molecule has 0 spiro atoms. The van der Waals surface area contributed by atoms with Gasteiger partial charge in [0.1, 0.15) is 5.58 Å². The van der Waals surface area contributed by atoms with Gasteiger partial charge in [0.25, 0.3) is 0 Å². The normalized spacial score (nSPS) is 16.4. The Kier molecular flexibility index (Phi) is 8.48. The molecule has 3 aromatic heterocycles. The number of benzene rings is 5. The van der Waals surface area contributed by atoms with Crippen molar-refractivity contribution in [2.45, 2.75) is 51.7 Å². The third-order valence-corrected chi connectivity index (χ3v) is 9.56. The van der Waals surface area contributed by atoms with E-state index in [0.29, 0.717) is 16.8 Å². The molecule has 0 bridgehead atoms. The van der Waals surface area contributed by atoms with Crippen LogP contribution in [0.3, 0.4) is 0 Å². The van der Waals surface area contributed by atoms with Crippen molar-refractivity contribution in [1.29, 1.82) is 0 Å². The zero-order chi connectivity index (χ0) is 39.1. The maximum absolute atomic E-state index is 8.90. The van der Waals surface area contributed by atoms with Crippen molar-refractivity contribution >= 4 is 32.7 Å². The summed E-state index contributed by atoms with van der Waals surface area (Å²) >= 11 is 0. The fourth-order valence-corrected chi connectivity index (χ4v) is 6.76. The van der Waals surface area contributed by atoms with Crippen LogP contribution in [0.5, 0.6) is 0 Å². The summed E-state index contributed by atoms with van der Waals surface area (Å²) in [6.07, 6.45) is 4.81. The number of fused-ring (bicyclic) bond motifs is 4. The van der Waals surface area contributed by atoms with E-state index in [1.807, 2.05) is 97.9 Å². The molecular weight excluding hydrogens is 801 g/mol. The molecule has 1 atom stereocenters. The number of furan rings is 1. The molecule has 1 radical (unpaired) electrons. The predicted molar refractivity (Wildman–Crippen MR) is 206 cm³/mol. The Balaban J connectivity index is 0.000000193. The van der Waals surface area contributed by atoms with Crippen LogP contribution in [0.25, 0.3) is 55.2 Å². The Labute approximate surface area is 322 Å². The molecule has 1 fully saturated rings. The number of nitrogens with zero attached hydrogens (tertiary/aromatic N) is 2. The van der Waals surface area contributed by atoms with Gasteiger partial charge in [-0.2, -0.15) is 0 Å². The van der Waals surface area contributed by atoms with Crippen LogP contribution >= 0.6 is 0 Å². The molecule has 1 aliphatic carbocycles. The van der Waals surface area contributed by atoms with Gasteiger partial charge in [0, 0.05) is 46.1 Å². The second-order valence-corrected chi connectivity index (χ2v) is 12.9. The van der Waals surface area contributed by atoms with Crippen LogP contribution in [0.2, 0.25) is 0 Å². The Morgan fingerprint density at radius 2 is 1.51 bits per heavy atom. The van der Waals surface area contributed by atoms with E-state index in [2.05, 4.69) is 40.3 Å². The van der Waals surface area contributed by atoms with Crippen molar-refractivity contribution < 1.29 is 32.7 Å². The minimum Gasteiger partial charge on any atom is -0.500 e. The first-order chi connectivity index (χ1) is 26.9. The average molecular weight is 847 g/mol. The maximum atomic E-state index is 8.90. The summed E-state index contributed by atoms with van der Waals surface area (Å²) in [5, 5.41) is 4.12. The third-order valence-electron chi connectivity index (χ3n) is 9.56. The Bertz CT molecular complexity index is 2640. The van der Waals surface area contributed by atoms with Crippen LogP contribution < -0.4 is 0 Å². The number of pyridine rings is 2. The molecule has 3 heterocycles. The number of aromatic nitrogens is 2. The zero-order valence-electron chi connectivity index (χ0n) is 34.2. The van der Waals surface area contributed by atoms with E-state index < -0.39 is 19.1 Å². The first kappa shape index (κ1) is 27.8. The van der Waals surface area contributed by atoms with Gasteiger partial charge in [-0.1, -0.05) is 116 Å². The summed E-state index contributed by atoms with van der Waals surface area (Å²) in [7, 11) is 0. The molecular formula is C47H40IrN2O-2. The second-order valence-electron chi connectivity index (χ2n) is 12.9. The zero-order valence-corrected chi connectivity index (χ0v) is 30.6. The van der Waals surface area contributed by atoms with Crippen LogP contribution in [0.4, 0.5) is 0 Å². The standard InChI is InChI=1S/C28H24NO.C19H16N.Ir/c1-18-17-29-26(15-23(18)12-19-6-2-3-7-19)22-10-11-27-24(14-22)25-13-20-8-4-5-9-21(20)16-28(25)30-27;1-15(16-7-3-2-4-8-16)17-10-12-18(13-11-17)19-9-5-6-14-20-19;/h4-5,8-9,11,13-17,19H,2-3,6-7,12H2,1H3;2-12,14-15H,1H3;/q2*-1;/i1D3,12D2;15D;. The third kappa shape index (κ3) is 7.59. The van der Waals surface area contributed by atoms with Crippen LogP contribution in [0, 0.1) is 24.9 Å². The Morgan fingerprint density at radius 1 is 0.765 bits per heavy atom. The van der Waals surface area contributed by atoms with Crippen LogP contribution in [0.15, 0.2) is 138 Å². The maximum Gasteiger partial charge on any atom is 0.121 e. The summed E-state index contributed by atoms with van der Waals surface area (Å²) in [6.45, 7) is -0.533. The molecule has 0 saturated heterocycles. The van der Waals surface area contributed by atoms with Crippen LogP contribution in [-0.4, -0.2) is 9.97 Å². The number of hydrogen-bond donors (Lipinski definition) is 0. The number of rotatable bonds is 6. The quantitative estimate of drug-likeness (QED) is 0.157. The number of aryl methyl sites for hydroxylation is 1. The van der Waals surface area contributed by atoms with Gasteiger partial charge in [-0.25, -0.2) is 0 Å². The molecule has 3 nitrogen and oxygen atoms in total. The van der Waals surface area contributed by atoms with Crippen molar-refractivity contribution in [3.05, 3.63) is 168 Å². The van der Waals surface area contributed by atoms with E-state index in [1.165, 1.54) is 6.20 Å². The molecule has 255 valence electrons. The molecule has 1 saturated carbocycles. The SMILES string of the molecule is [2H]C(C)(c1c[c-]c(-c2ccccn2)cc1)c1ccccc1.[2H]C([2H])([2H])c1cnc(-c2[c-]cc3oc4cc5ccccc5cc4c3c2)cc1C([2H])([2H])C1CCCC1.[Ir].